The molecule has 5 heteroatoms. The predicted molar refractivity (Wildman–Crippen MR) is 83.6 cm³/mol. The number of aliphatic hydroxyl groups is 1. The monoisotopic (exact) mass is 292 g/mol. The number of benzene rings is 1. The van der Waals surface area contributed by atoms with Gasteiger partial charge >= 0.3 is 0 Å². The summed E-state index contributed by atoms with van der Waals surface area (Å²) >= 11 is 2.00. The summed E-state index contributed by atoms with van der Waals surface area (Å²) in [7, 11) is 1.72. The number of rotatable bonds is 1. The zero-order valence-electron chi connectivity index (χ0n) is 12.1. The number of thioether (sulfide) groups is 1. The molecule has 1 fully saturated rings. The van der Waals surface area contributed by atoms with Crippen molar-refractivity contribution in [2.24, 2.45) is 0 Å². The van der Waals surface area contributed by atoms with Gasteiger partial charge in [0, 0.05) is 41.9 Å². The fourth-order valence-electron chi connectivity index (χ4n) is 2.92. The minimum Gasteiger partial charge on any atom is -0.378 e. The Kier molecular flexibility index (Phi) is 3.21. The van der Waals surface area contributed by atoms with Gasteiger partial charge in [-0.2, -0.15) is 11.8 Å². The number of carbonyl (C=O) groups excluding carboxylic acids is 1. The molecule has 0 aliphatic carbocycles. The van der Waals surface area contributed by atoms with Crippen LogP contribution in [0.3, 0.4) is 0 Å². The number of fused-ring (bicyclic) bond motifs is 1. The molecule has 1 N–H and O–H groups in total. The molecule has 20 heavy (non-hydrogen) atoms. The van der Waals surface area contributed by atoms with Crippen LogP contribution in [-0.2, 0) is 4.79 Å². The molecule has 108 valence electrons. The molecule has 0 aromatic heterocycles. The molecule has 1 saturated heterocycles. The summed E-state index contributed by atoms with van der Waals surface area (Å²) in [6.07, 6.45) is -1.00. The second-order valence-electron chi connectivity index (χ2n) is 6.07. The summed E-state index contributed by atoms with van der Waals surface area (Å²) in [5.41, 5.74) is 2.67. The maximum Gasteiger partial charge on any atom is 0.260 e. The first-order chi connectivity index (χ1) is 9.39. The van der Waals surface area contributed by atoms with E-state index in [-0.39, 0.29) is 10.7 Å². The van der Waals surface area contributed by atoms with Crippen molar-refractivity contribution in [1.82, 2.24) is 0 Å². The van der Waals surface area contributed by atoms with E-state index in [1.54, 1.807) is 11.9 Å². The average Bonchev–Trinajstić information content (AvgIpc) is 2.62. The third-order valence-corrected chi connectivity index (χ3v) is 5.32. The number of anilines is 2. The first kappa shape index (κ1) is 13.8. The van der Waals surface area contributed by atoms with Crippen LogP contribution in [0, 0.1) is 0 Å². The van der Waals surface area contributed by atoms with Gasteiger partial charge in [-0.1, -0.05) is 6.07 Å². The fraction of sp³-hybridized carbons (Fsp3) is 0.533. The van der Waals surface area contributed by atoms with E-state index in [0.29, 0.717) is 5.56 Å². The second-order valence-corrected chi connectivity index (χ2v) is 7.87. The lowest BCUT2D eigenvalue weighted by molar-refractivity contribution is -0.125. The summed E-state index contributed by atoms with van der Waals surface area (Å²) in [6, 6.07) is 5.92. The molecular weight excluding hydrogens is 272 g/mol. The van der Waals surface area contributed by atoms with Gasteiger partial charge in [0.1, 0.15) is 0 Å². The molecule has 2 aliphatic rings. The standard InChI is InChI=1S/C15H20N2O2S/c1-15(2)9-17(6-7-20-15)10-4-5-11-12(8-10)16(3)14(19)13(11)18/h4-5,8,13,18H,6-7,9H2,1-3H3. The topological polar surface area (TPSA) is 43.8 Å². The van der Waals surface area contributed by atoms with Crippen molar-refractivity contribution >= 4 is 29.0 Å². The van der Waals surface area contributed by atoms with Gasteiger partial charge in [-0.15, -0.1) is 0 Å². The Hall–Kier alpha value is -1.20. The molecule has 1 amide bonds. The summed E-state index contributed by atoms with van der Waals surface area (Å²) in [4.78, 5) is 15.7. The Bertz CT molecular complexity index is 559. The van der Waals surface area contributed by atoms with Crippen LogP contribution in [-0.4, -0.2) is 41.7 Å². The minimum atomic E-state index is -1.00. The van der Waals surface area contributed by atoms with Crippen molar-refractivity contribution in [2.75, 3.05) is 35.7 Å². The number of likely N-dealkylation sites (N-methyl/N-ethyl adjacent to an activating group) is 1. The molecule has 4 nitrogen and oxygen atoms in total. The maximum absolute atomic E-state index is 11.8. The number of hydrogen-bond acceptors (Lipinski definition) is 4. The van der Waals surface area contributed by atoms with Gasteiger partial charge in [0.15, 0.2) is 6.10 Å². The summed E-state index contributed by atoms with van der Waals surface area (Å²) in [5.74, 6) is 0.869. The summed E-state index contributed by atoms with van der Waals surface area (Å²) in [5, 5.41) is 9.90. The third kappa shape index (κ3) is 2.19. The van der Waals surface area contributed by atoms with Gasteiger partial charge in [-0.05, 0) is 26.0 Å². The lowest BCUT2D eigenvalue weighted by Gasteiger charge is -2.39. The van der Waals surface area contributed by atoms with Gasteiger partial charge in [-0.3, -0.25) is 4.79 Å². The van der Waals surface area contributed by atoms with Gasteiger partial charge < -0.3 is 14.9 Å². The molecule has 0 radical (unpaired) electrons. The van der Waals surface area contributed by atoms with Crippen molar-refractivity contribution in [2.45, 2.75) is 24.7 Å². The van der Waals surface area contributed by atoms with Crippen LogP contribution in [0.1, 0.15) is 25.5 Å². The molecule has 1 aromatic carbocycles. The van der Waals surface area contributed by atoms with Gasteiger partial charge in [0.2, 0.25) is 0 Å². The average molecular weight is 292 g/mol. The van der Waals surface area contributed by atoms with Crippen LogP contribution in [0.25, 0.3) is 0 Å². The number of amides is 1. The molecule has 0 spiro atoms. The quantitative estimate of drug-likeness (QED) is 0.860. The second kappa shape index (κ2) is 4.67. The smallest absolute Gasteiger partial charge is 0.260 e. The SMILES string of the molecule is CN1C(=O)C(O)c2ccc(N3CCSC(C)(C)C3)cc21. The van der Waals surface area contributed by atoms with Crippen LogP contribution < -0.4 is 9.80 Å². The van der Waals surface area contributed by atoms with Crippen LogP contribution in [0.15, 0.2) is 18.2 Å². The van der Waals surface area contributed by atoms with E-state index < -0.39 is 6.10 Å². The zero-order valence-corrected chi connectivity index (χ0v) is 12.9. The van der Waals surface area contributed by atoms with E-state index in [2.05, 4.69) is 18.7 Å². The third-order valence-electron chi connectivity index (χ3n) is 4.03. The van der Waals surface area contributed by atoms with Crippen LogP contribution in [0.2, 0.25) is 0 Å². The molecular formula is C15H20N2O2S. The Morgan fingerprint density at radius 2 is 2.15 bits per heavy atom. The molecule has 1 atom stereocenters. The first-order valence-electron chi connectivity index (χ1n) is 6.87. The number of nitrogens with zero attached hydrogens (tertiary/aromatic N) is 2. The minimum absolute atomic E-state index is 0.244. The summed E-state index contributed by atoms with van der Waals surface area (Å²) in [6.45, 7) is 6.54. The Morgan fingerprint density at radius 1 is 1.40 bits per heavy atom. The Labute approximate surface area is 123 Å². The highest BCUT2D eigenvalue weighted by molar-refractivity contribution is 8.00. The van der Waals surface area contributed by atoms with Crippen LogP contribution in [0.5, 0.6) is 0 Å². The van der Waals surface area contributed by atoms with Gasteiger partial charge in [-0.25, -0.2) is 0 Å². The highest BCUT2D eigenvalue weighted by Crippen LogP contribution is 2.39. The van der Waals surface area contributed by atoms with E-state index in [0.717, 1.165) is 30.2 Å². The highest BCUT2D eigenvalue weighted by Gasteiger charge is 2.34. The molecule has 2 heterocycles. The van der Waals surface area contributed by atoms with E-state index in [1.807, 2.05) is 30.0 Å². The molecule has 0 bridgehead atoms. The van der Waals surface area contributed by atoms with Crippen LogP contribution in [0.4, 0.5) is 11.4 Å². The van der Waals surface area contributed by atoms with E-state index in [9.17, 15) is 9.90 Å². The summed E-state index contributed by atoms with van der Waals surface area (Å²) < 4.78 is 0.249. The molecule has 0 saturated carbocycles. The van der Waals surface area contributed by atoms with Crippen molar-refractivity contribution in [3.8, 4) is 0 Å². The predicted octanol–water partition coefficient (Wildman–Crippen LogP) is 2.03. The number of hydrogen-bond donors (Lipinski definition) is 1. The maximum atomic E-state index is 11.8. The molecule has 1 aromatic rings. The van der Waals surface area contributed by atoms with E-state index >= 15 is 0 Å². The molecule has 1 unspecified atom stereocenters. The number of aliphatic hydroxyl groups excluding tert-OH is 1. The Morgan fingerprint density at radius 3 is 2.85 bits per heavy atom. The van der Waals surface area contributed by atoms with E-state index in [1.165, 1.54) is 0 Å². The number of carbonyl (C=O) groups is 1. The highest BCUT2D eigenvalue weighted by atomic mass is 32.2. The Balaban J connectivity index is 1.92. The largest absolute Gasteiger partial charge is 0.378 e. The van der Waals surface area contributed by atoms with Crippen molar-refractivity contribution in [3.63, 3.8) is 0 Å². The van der Waals surface area contributed by atoms with Gasteiger partial charge in [0.25, 0.3) is 5.91 Å². The molecule has 3 rings (SSSR count). The van der Waals surface area contributed by atoms with Crippen molar-refractivity contribution in [1.29, 1.82) is 0 Å². The van der Waals surface area contributed by atoms with E-state index in [4.69, 9.17) is 0 Å². The van der Waals surface area contributed by atoms with Gasteiger partial charge in [0.05, 0.1) is 5.69 Å². The van der Waals surface area contributed by atoms with Crippen molar-refractivity contribution < 1.29 is 9.90 Å². The van der Waals surface area contributed by atoms with Crippen molar-refractivity contribution in [3.05, 3.63) is 23.8 Å². The first-order valence-corrected chi connectivity index (χ1v) is 7.86. The molecule has 2 aliphatic heterocycles. The lowest BCUT2D eigenvalue weighted by atomic mass is 10.1. The lowest BCUT2D eigenvalue weighted by Crippen LogP contribution is -2.43. The fourth-order valence-corrected chi connectivity index (χ4v) is 4.03. The normalized spacial score (nSPS) is 25.0. The van der Waals surface area contributed by atoms with Crippen LogP contribution >= 0.6 is 11.8 Å². The zero-order chi connectivity index (χ0) is 14.5.